The molecule has 20 nitrogen and oxygen atoms in total. The lowest BCUT2D eigenvalue weighted by Gasteiger charge is -2.52. The van der Waals surface area contributed by atoms with Gasteiger partial charge < -0.3 is 66.3 Å². The number of fused-ring (bicyclic) bond motifs is 1. The maximum Gasteiger partial charge on any atom is 0.303 e. The van der Waals surface area contributed by atoms with Crippen molar-refractivity contribution in [2.24, 2.45) is 0 Å². The van der Waals surface area contributed by atoms with Gasteiger partial charge in [-0.1, -0.05) is 170 Å². The maximum atomic E-state index is 15.2. The smallest absolute Gasteiger partial charge is 0.303 e. The lowest BCUT2D eigenvalue weighted by Crippen LogP contribution is -2.71. The highest BCUT2D eigenvalue weighted by Crippen LogP contribution is 2.41. The van der Waals surface area contributed by atoms with Crippen molar-refractivity contribution < 1.29 is 90.3 Å². The number of hydrogen-bond acceptors (Lipinski definition) is 19. The fourth-order valence-electron chi connectivity index (χ4n) is 11.5. The summed E-state index contributed by atoms with van der Waals surface area (Å²) in [4.78, 5) is 71.3. The second kappa shape index (κ2) is 31.8. The largest absolute Gasteiger partial charge is 0.456 e. The minimum Gasteiger partial charge on any atom is -0.456 e. The number of hydrogen-bond donors (Lipinski definition) is 0. The Morgan fingerprint density at radius 3 is 1.27 bits per heavy atom. The number of carbonyl (C=O) groups is 5. The Kier molecular flexibility index (Phi) is 23.0. The van der Waals surface area contributed by atoms with Gasteiger partial charge in [-0.25, -0.2) is 0 Å². The Morgan fingerprint density at radius 2 is 0.800 bits per heavy atom. The normalized spacial score (nSPS) is 27.3. The van der Waals surface area contributed by atoms with Gasteiger partial charge in [-0.2, -0.15) is 0 Å². The van der Waals surface area contributed by atoms with Crippen molar-refractivity contribution in [1.29, 1.82) is 0 Å². The van der Waals surface area contributed by atoms with Gasteiger partial charge in [0.1, 0.15) is 48.8 Å². The highest BCUT2D eigenvalue weighted by atomic mass is 16.8. The summed E-state index contributed by atoms with van der Waals surface area (Å²) in [7, 11) is 0. The van der Waals surface area contributed by atoms with Crippen LogP contribution in [0.2, 0.25) is 0 Å². The molecule has 90 heavy (non-hydrogen) atoms. The highest BCUT2D eigenvalue weighted by Gasteiger charge is 2.61. The molecule has 4 heterocycles. The van der Waals surface area contributed by atoms with Crippen LogP contribution in [0.5, 0.6) is 0 Å². The molecule has 474 valence electrons. The molecule has 3 saturated heterocycles. The summed E-state index contributed by atoms with van der Waals surface area (Å²) in [6.07, 6.45) is -17.6. The van der Waals surface area contributed by atoms with Crippen LogP contribution in [-0.4, -0.2) is 146 Å². The van der Waals surface area contributed by atoms with Crippen molar-refractivity contribution in [3.8, 4) is 0 Å². The molecule has 2 amide bonds. The number of carbonyl (C=O) groups excluding carboxylic acids is 5. The minimum atomic E-state index is -1.78. The first-order chi connectivity index (χ1) is 43.8. The van der Waals surface area contributed by atoms with E-state index in [-0.39, 0.29) is 64.0 Å². The standard InChI is InChI=1S/C70H75NO19/c1-6-36-79-68-57(71-66(75)53-34-22-23-35-54(53)67(71)76)61(90-69-64(82-41-52-32-20-11-21-33-52)62(81-40-51-30-18-10-19-31-51)58(44(2)83-69)80-39-50-28-16-9-17-29-50)59(55(87-68)42-77-37-48-24-12-7-13-25-48)89-70-65(86-47(5)74)63(85-46(4)73)60(84-45(3)72)56(88-70)43-78-38-49-26-14-8-15-27-49/h6-35,44,55-65,68-70H,1,36-43H2,2-5H3/t44-,55+,56+,57+,58+,59+,60-,61+,62+,63-,64-,65+,68+,69-,70-/m0/s1. The van der Waals surface area contributed by atoms with Crippen molar-refractivity contribution in [1.82, 2.24) is 4.90 Å². The molecule has 6 aromatic rings. The van der Waals surface area contributed by atoms with E-state index in [0.29, 0.717) is 0 Å². The van der Waals surface area contributed by atoms with Crippen molar-refractivity contribution >= 4 is 29.7 Å². The average Bonchev–Trinajstić information content (AvgIpc) is 1.41. The number of nitrogens with zero attached hydrogens (tertiary/aromatic N) is 1. The third-order valence-electron chi connectivity index (χ3n) is 15.6. The summed E-state index contributed by atoms with van der Waals surface area (Å²) in [5.74, 6) is -3.89. The van der Waals surface area contributed by atoms with Crippen LogP contribution in [0.4, 0.5) is 0 Å². The molecule has 0 unspecified atom stereocenters. The predicted molar refractivity (Wildman–Crippen MR) is 322 cm³/mol. The summed E-state index contributed by atoms with van der Waals surface area (Å²) in [6, 6.07) is 52.2. The molecule has 6 aromatic carbocycles. The van der Waals surface area contributed by atoms with E-state index in [4.69, 9.17) is 66.3 Å². The molecule has 20 heteroatoms. The molecule has 0 N–H and O–H groups in total. The van der Waals surface area contributed by atoms with E-state index < -0.39 is 122 Å². The van der Waals surface area contributed by atoms with Crippen molar-refractivity contribution in [3.63, 3.8) is 0 Å². The second-order valence-corrected chi connectivity index (χ2v) is 22.1. The number of rotatable bonds is 28. The van der Waals surface area contributed by atoms with E-state index in [2.05, 4.69) is 6.58 Å². The van der Waals surface area contributed by atoms with Crippen molar-refractivity contribution in [2.75, 3.05) is 19.8 Å². The minimum absolute atomic E-state index is 0.0189. The van der Waals surface area contributed by atoms with Gasteiger partial charge in [0.2, 0.25) is 0 Å². The first kappa shape index (κ1) is 65.1. The molecule has 4 aliphatic rings. The van der Waals surface area contributed by atoms with Crippen LogP contribution in [-0.2, 0) is 114 Å². The molecule has 4 aliphatic heterocycles. The topological polar surface area (TPSA) is 218 Å². The van der Waals surface area contributed by atoms with Gasteiger partial charge in [0.25, 0.3) is 11.8 Å². The van der Waals surface area contributed by atoms with Gasteiger partial charge in [-0.05, 0) is 46.9 Å². The fourth-order valence-corrected chi connectivity index (χ4v) is 11.5. The zero-order valence-electron chi connectivity index (χ0n) is 50.5. The Hall–Kier alpha value is -7.83. The highest BCUT2D eigenvalue weighted by molar-refractivity contribution is 6.21. The lowest BCUT2D eigenvalue weighted by molar-refractivity contribution is -0.382. The zero-order valence-corrected chi connectivity index (χ0v) is 50.5. The third-order valence-corrected chi connectivity index (χ3v) is 15.6. The summed E-state index contributed by atoms with van der Waals surface area (Å²) >= 11 is 0. The molecule has 0 aliphatic carbocycles. The lowest BCUT2D eigenvalue weighted by atomic mass is 9.93. The van der Waals surface area contributed by atoms with E-state index in [0.717, 1.165) is 46.6 Å². The van der Waals surface area contributed by atoms with Crippen LogP contribution in [0.3, 0.4) is 0 Å². The summed E-state index contributed by atoms with van der Waals surface area (Å²) < 4.78 is 93.8. The SMILES string of the molecule is C=CCO[C@@H]1O[C@H](COCc2ccccc2)[C@@H](O[C@@H]2O[C@H](COCc3ccccc3)[C@H](OC(C)=O)[C@H](OC(C)=O)[C@H]2OC(C)=O)[C@H](O[C@@H]2O[C@@H](C)[C@@H](OCc3ccccc3)[C@@H](OCc3ccccc3)[C@@H]2OCc2ccccc2)[C@H]1N1C(=O)c2ccccc2C1=O. The molecule has 0 aromatic heterocycles. The molecule has 10 rings (SSSR count). The van der Waals surface area contributed by atoms with Gasteiger partial charge in [0, 0.05) is 20.8 Å². The Bertz CT molecular complexity index is 3250. The molecule has 15 atom stereocenters. The Labute approximate surface area is 523 Å². The molecule has 3 fully saturated rings. The zero-order chi connectivity index (χ0) is 62.9. The molecule has 0 bridgehead atoms. The summed E-state index contributed by atoms with van der Waals surface area (Å²) in [5, 5.41) is 0. The molecule has 0 saturated carbocycles. The summed E-state index contributed by atoms with van der Waals surface area (Å²) in [5.41, 5.74) is 4.34. The second-order valence-electron chi connectivity index (χ2n) is 22.1. The van der Waals surface area contributed by atoms with Gasteiger partial charge in [0.15, 0.2) is 37.2 Å². The van der Waals surface area contributed by atoms with Gasteiger partial charge in [-0.15, -0.1) is 6.58 Å². The Balaban J connectivity index is 1.13. The predicted octanol–water partition coefficient (Wildman–Crippen LogP) is 8.80. The van der Waals surface area contributed by atoms with Gasteiger partial charge in [-0.3, -0.25) is 28.9 Å². The van der Waals surface area contributed by atoms with Crippen LogP contribution < -0.4 is 0 Å². The number of imide groups is 1. The fraction of sp³-hybridized carbons (Fsp3) is 0.386. The monoisotopic (exact) mass is 1230 g/mol. The van der Waals surface area contributed by atoms with Crippen LogP contribution in [0.15, 0.2) is 189 Å². The van der Waals surface area contributed by atoms with E-state index >= 15 is 9.59 Å². The summed E-state index contributed by atoms with van der Waals surface area (Å²) in [6.45, 7) is 8.90. The van der Waals surface area contributed by atoms with E-state index in [1.165, 1.54) is 13.0 Å². The van der Waals surface area contributed by atoms with E-state index in [1.54, 1.807) is 24.3 Å². The van der Waals surface area contributed by atoms with Crippen molar-refractivity contribution in [3.05, 3.63) is 228 Å². The molecular weight excluding hydrogens is 1160 g/mol. The number of amides is 2. The Morgan fingerprint density at radius 1 is 0.422 bits per heavy atom. The number of ether oxygens (including phenoxy) is 14. The van der Waals surface area contributed by atoms with E-state index in [1.807, 2.05) is 159 Å². The van der Waals surface area contributed by atoms with Crippen LogP contribution >= 0.6 is 0 Å². The average molecular weight is 1230 g/mol. The van der Waals surface area contributed by atoms with Gasteiger partial charge >= 0.3 is 17.9 Å². The third kappa shape index (κ3) is 16.6. The van der Waals surface area contributed by atoms with Crippen molar-refractivity contribution in [2.45, 2.75) is 153 Å². The molecule has 0 spiro atoms. The maximum absolute atomic E-state index is 15.2. The first-order valence-corrected chi connectivity index (χ1v) is 30.0. The van der Waals surface area contributed by atoms with Crippen LogP contribution in [0, 0.1) is 0 Å². The van der Waals surface area contributed by atoms with E-state index in [9.17, 15) is 14.4 Å². The number of esters is 3. The molecule has 0 radical (unpaired) electrons. The van der Waals surface area contributed by atoms with Crippen LogP contribution in [0.25, 0.3) is 0 Å². The van der Waals surface area contributed by atoms with Gasteiger partial charge in [0.05, 0.1) is 70.1 Å². The molecular formula is C70H75NO19. The number of benzene rings is 6. The van der Waals surface area contributed by atoms with Crippen LogP contribution in [0.1, 0.15) is 76.2 Å². The quantitative estimate of drug-likeness (QED) is 0.0194. The first-order valence-electron chi connectivity index (χ1n) is 30.0.